The molecular weight excluding hydrogens is 300 g/mol. The van der Waals surface area contributed by atoms with E-state index in [1.165, 1.54) is 6.20 Å². The van der Waals surface area contributed by atoms with Crippen molar-refractivity contribution in [2.24, 2.45) is 0 Å². The van der Waals surface area contributed by atoms with Gasteiger partial charge in [-0.3, -0.25) is 9.59 Å². The van der Waals surface area contributed by atoms with Crippen molar-refractivity contribution in [1.29, 1.82) is 0 Å². The molecule has 0 unspecified atom stereocenters. The van der Waals surface area contributed by atoms with E-state index in [9.17, 15) is 14.7 Å². The van der Waals surface area contributed by atoms with Gasteiger partial charge in [0.1, 0.15) is 12.3 Å². The minimum absolute atomic E-state index is 0.210. The first kappa shape index (κ1) is 16.5. The molecule has 1 heterocycles. The maximum Gasteiger partial charge on any atom is 0.322 e. The number of ether oxygens (including phenoxy) is 1. The molecule has 0 aliphatic rings. The van der Waals surface area contributed by atoms with Gasteiger partial charge in [0.15, 0.2) is 11.4 Å². The number of hydrogen-bond donors (Lipinski definition) is 3. The number of carboxylic acid groups (broad SMARTS) is 1. The summed E-state index contributed by atoms with van der Waals surface area (Å²) in [7, 11) is 0. The molecule has 0 saturated carbocycles. The molecule has 1 aromatic heterocycles. The highest BCUT2D eigenvalue weighted by Gasteiger charge is 2.16. The van der Waals surface area contributed by atoms with Gasteiger partial charge in [-0.1, -0.05) is 13.3 Å². The van der Waals surface area contributed by atoms with Crippen molar-refractivity contribution in [2.75, 3.05) is 13.2 Å². The summed E-state index contributed by atoms with van der Waals surface area (Å²) in [6, 6.07) is 5.08. The van der Waals surface area contributed by atoms with E-state index in [4.69, 9.17) is 9.84 Å². The number of carboxylic acids is 1. The molecule has 0 aliphatic carbocycles. The number of unbranched alkanes of at least 4 members (excludes halogenated alkanes) is 1. The number of nitrogens with zero attached hydrogens (tertiary/aromatic N) is 1. The first-order valence-corrected chi connectivity index (χ1v) is 7.27. The first-order chi connectivity index (χ1) is 11.0. The molecule has 7 heteroatoms. The molecule has 122 valence electrons. The largest absolute Gasteiger partial charge is 0.505 e. The SMILES string of the molecule is CCCCOc1ccc2c(O)c(C(=O)NCC(=O)O)ncc2c1. The summed E-state index contributed by atoms with van der Waals surface area (Å²) in [6.45, 7) is 2.14. The second-order valence-corrected chi connectivity index (χ2v) is 4.98. The van der Waals surface area contributed by atoms with Gasteiger partial charge in [-0.15, -0.1) is 0 Å². The number of aliphatic carboxylic acids is 1. The van der Waals surface area contributed by atoms with Crippen LogP contribution in [-0.4, -0.2) is 40.2 Å². The Labute approximate surface area is 132 Å². The van der Waals surface area contributed by atoms with Gasteiger partial charge in [0, 0.05) is 17.0 Å². The summed E-state index contributed by atoms with van der Waals surface area (Å²) in [4.78, 5) is 26.2. The van der Waals surface area contributed by atoms with Gasteiger partial charge in [0.25, 0.3) is 5.91 Å². The van der Waals surface area contributed by atoms with Crippen LogP contribution >= 0.6 is 0 Å². The van der Waals surface area contributed by atoms with E-state index < -0.39 is 18.4 Å². The van der Waals surface area contributed by atoms with Crippen molar-refractivity contribution in [3.63, 3.8) is 0 Å². The van der Waals surface area contributed by atoms with E-state index in [1.54, 1.807) is 18.2 Å². The molecule has 0 saturated heterocycles. The van der Waals surface area contributed by atoms with E-state index in [-0.39, 0.29) is 11.4 Å². The number of amides is 1. The summed E-state index contributed by atoms with van der Waals surface area (Å²) in [6.07, 6.45) is 3.42. The van der Waals surface area contributed by atoms with E-state index in [2.05, 4.69) is 17.2 Å². The second-order valence-electron chi connectivity index (χ2n) is 4.98. The van der Waals surface area contributed by atoms with Crippen molar-refractivity contribution >= 4 is 22.6 Å². The van der Waals surface area contributed by atoms with Gasteiger partial charge in [-0.05, 0) is 24.6 Å². The number of nitrogens with one attached hydrogen (secondary N) is 1. The fourth-order valence-corrected chi connectivity index (χ4v) is 2.02. The molecule has 7 nitrogen and oxygen atoms in total. The van der Waals surface area contributed by atoms with Gasteiger partial charge in [0.05, 0.1) is 6.61 Å². The number of aromatic hydroxyl groups is 1. The van der Waals surface area contributed by atoms with Gasteiger partial charge < -0.3 is 20.3 Å². The van der Waals surface area contributed by atoms with Crippen LogP contribution in [0.1, 0.15) is 30.3 Å². The van der Waals surface area contributed by atoms with Gasteiger partial charge in [0.2, 0.25) is 0 Å². The average molecular weight is 318 g/mol. The minimum Gasteiger partial charge on any atom is -0.505 e. The van der Waals surface area contributed by atoms with Crippen LogP contribution in [0, 0.1) is 0 Å². The standard InChI is InChI=1S/C16H18N2O5/c1-2-3-6-23-11-4-5-12-10(7-11)8-17-14(15(12)21)16(22)18-9-13(19)20/h4-5,7-8,21H,2-3,6,9H2,1H3,(H,18,22)(H,19,20). The molecule has 1 aromatic carbocycles. The lowest BCUT2D eigenvalue weighted by Gasteiger charge is -2.09. The lowest BCUT2D eigenvalue weighted by atomic mass is 10.1. The highest BCUT2D eigenvalue weighted by atomic mass is 16.5. The molecule has 0 bridgehead atoms. The van der Waals surface area contributed by atoms with Gasteiger partial charge >= 0.3 is 5.97 Å². The number of benzene rings is 1. The minimum atomic E-state index is -1.17. The van der Waals surface area contributed by atoms with Crippen molar-refractivity contribution < 1.29 is 24.5 Å². The topological polar surface area (TPSA) is 109 Å². The predicted octanol–water partition coefficient (Wildman–Crippen LogP) is 1.93. The zero-order chi connectivity index (χ0) is 16.8. The van der Waals surface area contributed by atoms with Crippen LogP contribution in [0.2, 0.25) is 0 Å². The Morgan fingerprint density at radius 1 is 1.35 bits per heavy atom. The quantitative estimate of drug-likeness (QED) is 0.673. The molecule has 0 fully saturated rings. The number of fused-ring (bicyclic) bond motifs is 1. The Morgan fingerprint density at radius 3 is 2.83 bits per heavy atom. The number of carbonyl (C=O) groups excluding carboxylic acids is 1. The monoisotopic (exact) mass is 318 g/mol. The summed E-state index contributed by atoms with van der Waals surface area (Å²) < 4.78 is 5.58. The zero-order valence-electron chi connectivity index (χ0n) is 12.7. The van der Waals surface area contributed by atoms with Crippen molar-refractivity contribution in [3.05, 3.63) is 30.1 Å². The van der Waals surface area contributed by atoms with E-state index in [0.29, 0.717) is 23.1 Å². The Morgan fingerprint density at radius 2 is 2.13 bits per heavy atom. The predicted molar refractivity (Wildman–Crippen MR) is 83.8 cm³/mol. The Kier molecular flexibility index (Phi) is 5.35. The fraction of sp³-hybridized carbons (Fsp3) is 0.312. The number of rotatable bonds is 7. The molecule has 3 N–H and O–H groups in total. The zero-order valence-corrected chi connectivity index (χ0v) is 12.7. The third kappa shape index (κ3) is 4.09. The number of aromatic nitrogens is 1. The lowest BCUT2D eigenvalue weighted by molar-refractivity contribution is -0.135. The van der Waals surface area contributed by atoms with Crippen LogP contribution < -0.4 is 10.1 Å². The maximum absolute atomic E-state index is 11.8. The lowest BCUT2D eigenvalue weighted by Crippen LogP contribution is -2.29. The van der Waals surface area contributed by atoms with E-state index in [1.807, 2.05) is 0 Å². The third-order valence-corrected chi connectivity index (χ3v) is 3.22. The highest BCUT2D eigenvalue weighted by molar-refractivity contribution is 6.02. The molecule has 2 aromatic rings. The van der Waals surface area contributed by atoms with Crippen LogP contribution in [0.25, 0.3) is 10.8 Å². The van der Waals surface area contributed by atoms with Crippen molar-refractivity contribution in [3.8, 4) is 11.5 Å². The molecule has 23 heavy (non-hydrogen) atoms. The molecule has 1 amide bonds. The van der Waals surface area contributed by atoms with Crippen LogP contribution in [0.3, 0.4) is 0 Å². The van der Waals surface area contributed by atoms with Crippen molar-refractivity contribution in [2.45, 2.75) is 19.8 Å². The number of carbonyl (C=O) groups is 2. The van der Waals surface area contributed by atoms with Gasteiger partial charge in [-0.2, -0.15) is 0 Å². The molecule has 0 atom stereocenters. The number of pyridine rings is 1. The Hall–Kier alpha value is -2.83. The third-order valence-electron chi connectivity index (χ3n) is 3.22. The number of hydrogen-bond acceptors (Lipinski definition) is 5. The van der Waals surface area contributed by atoms with Crippen LogP contribution in [-0.2, 0) is 4.79 Å². The van der Waals surface area contributed by atoms with Crippen LogP contribution in [0.4, 0.5) is 0 Å². The second kappa shape index (κ2) is 7.44. The fourth-order valence-electron chi connectivity index (χ4n) is 2.02. The first-order valence-electron chi connectivity index (χ1n) is 7.27. The average Bonchev–Trinajstić information content (AvgIpc) is 2.53. The van der Waals surface area contributed by atoms with E-state index >= 15 is 0 Å². The summed E-state index contributed by atoms with van der Waals surface area (Å²) in [5.41, 5.74) is -0.210. The maximum atomic E-state index is 11.8. The van der Waals surface area contributed by atoms with Crippen LogP contribution in [0.15, 0.2) is 24.4 Å². The summed E-state index contributed by atoms with van der Waals surface area (Å²) in [5, 5.41) is 22.0. The molecule has 0 radical (unpaired) electrons. The normalized spacial score (nSPS) is 10.5. The highest BCUT2D eigenvalue weighted by Crippen LogP contribution is 2.29. The smallest absolute Gasteiger partial charge is 0.322 e. The van der Waals surface area contributed by atoms with Gasteiger partial charge in [-0.25, -0.2) is 4.98 Å². The summed E-state index contributed by atoms with van der Waals surface area (Å²) in [5.74, 6) is -1.54. The van der Waals surface area contributed by atoms with Crippen LogP contribution in [0.5, 0.6) is 11.5 Å². The van der Waals surface area contributed by atoms with Crippen molar-refractivity contribution in [1.82, 2.24) is 10.3 Å². The molecular formula is C16H18N2O5. The Bertz CT molecular complexity index is 730. The summed E-state index contributed by atoms with van der Waals surface area (Å²) >= 11 is 0. The Balaban J connectivity index is 2.23. The molecule has 0 aliphatic heterocycles. The molecule has 0 spiro atoms. The molecule has 2 rings (SSSR count). The van der Waals surface area contributed by atoms with E-state index in [0.717, 1.165) is 12.8 Å².